The van der Waals surface area contributed by atoms with Gasteiger partial charge in [0.15, 0.2) is 0 Å². The zero-order valence-corrected chi connectivity index (χ0v) is 21.2. The first-order chi connectivity index (χ1) is 17.5. The summed E-state index contributed by atoms with van der Waals surface area (Å²) in [5.41, 5.74) is 2.20. The van der Waals surface area contributed by atoms with E-state index in [1.165, 1.54) is 0 Å². The van der Waals surface area contributed by atoms with E-state index in [9.17, 15) is 9.59 Å². The van der Waals surface area contributed by atoms with Crippen LogP contribution in [0.2, 0.25) is 0 Å². The van der Waals surface area contributed by atoms with Crippen LogP contribution in [0, 0.1) is 5.92 Å². The summed E-state index contributed by atoms with van der Waals surface area (Å²) >= 11 is 0. The number of hydrogen-bond acceptors (Lipinski definition) is 7. The number of ether oxygens (including phenoxy) is 4. The molecule has 2 heterocycles. The van der Waals surface area contributed by atoms with E-state index in [1.54, 1.807) is 4.90 Å². The lowest BCUT2D eigenvalue weighted by atomic mass is 10.1. The van der Waals surface area contributed by atoms with Gasteiger partial charge in [0, 0.05) is 43.9 Å². The first-order valence-corrected chi connectivity index (χ1v) is 12.6. The number of carbonyl (C=O) groups is 2. The Kier molecular flexibility index (Phi) is 8.53. The number of benzene rings is 2. The van der Waals surface area contributed by atoms with Gasteiger partial charge < -0.3 is 34.1 Å². The normalized spacial score (nSPS) is 17.8. The van der Waals surface area contributed by atoms with Crippen LogP contribution >= 0.6 is 0 Å². The molecule has 2 fully saturated rings. The van der Waals surface area contributed by atoms with Crippen molar-refractivity contribution in [1.29, 1.82) is 0 Å². The molecular weight excluding hydrogens is 462 g/mol. The van der Waals surface area contributed by atoms with Gasteiger partial charge in [0.05, 0.1) is 50.3 Å². The Morgan fingerprint density at radius 2 is 1.64 bits per heavy atom. The fraction of sp³-hybridized carbons (Fsp3) is 0.481. The highest BCUT2D eigenvalue weighted by Gasteiger charge is 2.35. The molecule has 36 heavy (non-hydrogen) atoms. The second-order valence-corrected chi connectivity index (χ2v) is 8.60. The molecule has 9 nitrogen and oxygen atoms in total. The average molecular weight is 498 g/mol. The third-order valence-corrected chi connectivity index (χ3v) is 6.23. The lowest BCUT2D eigenvalue weighted by molar-refractivity contribution is -0.122. The van der Waals surface area contributed by atoms with Crippen LogP contribution in [0.25, 0.3) is 0 Å². The monoisotopic (exact) mass is 497 g/mol. The minimum absolute atomic E-state index is 0.0815. The molecule has 0 unspecified atom stereocenters. The van der Waals surface area contributed by atoms with Gasteiger partial charge in [-0.05, 0) is 45.0 Å². The highest BCUT2D eigenvalue weighted by atomic mass is 16.5. The van der Waals surface area contributed by atoms with Crippen LogP contribution in [-0.4, -0.2) is 64.5 Å². The van der Waals surface area contributed by atoms with Crippen LogP contribution in [0.5, 0.6) is 17.2 Å². The van der Waals surface area contributed by atoms with Crippen molar-refractivity contribution in [2.45, 2.75) is 27.2 Å². The molecule has 0 aromatic heterocycles. The van der Waals surface area contributed by atoms with Gasteiger partial charge in [-0.25, -0.2) is 0 Å². The van der Waals surface area contributed by atoms with E-state index in [1.807, 2.05) is 57.2 Å². The fourth-order valence-corrected chi connectivity index (χ4v) is 4.50. The van der Waals surface area contributed by atoms with Crippen molar-refractivity contribution in [2.75, 3.05) is 67.8 Å². The van der Waals surface area contributed by atoms with Crippen molar-refractivity contribution in [3.8, 4) is 17.2 Å². The van der Waals surface area contributed by atoms with Gasteiger partial charge in [0.1, 0.15) is 17.2 Å². The Labute approximate surface area is 212 Å². The predicted molar refractivity (Wildman–Crippen MR) is 139 cm³/mol. The lowest BCUT2D eigenvalue weighted by Crippen LogP contribution is -2.36. The number of amides is 2. The maximum absolute atomic E-state index is 13.3. The number of nitrogens with one attached hydrogen (secondary N) is 1. The standard InChI is InChI=1S/C27H35N3O6/c1-4-34-21-9-7-20(8-10-21)30-18-19(15-26(30)31)27(32)28-22-16-25(36-6-3)23(17-24(22)35-5-2)29-11-13-33-14-12-29/h7-10,16-17,19H,4-6,11-15,18H2,1-3H3,(H,28,32)/t19-/m1/s1. The highest BCUT2D eigenvalue weighted by molar-refractivity contribution is 6.04. The molecule has 0 spiro atoms. The molecule has 2 aliphatic heterocycles. The van der Waals surface area contributed by atoms with Crippen LogP contribution in [0.4, 0.5) is 17.1 Å². The molecule has 1 atom stereocenters. The Balaban J connectivity index is 1.51. The van der Waals surface area contributed by atoms with Crippen molar-refractivity contribution >= 4 is 28.9 Å². The summed E-state index contributed by atoms with van der Waals surface area (Å²) in [6.07, 6.45) is 0.146. The molecule has 0 radical (unpaired) electrons. The van der Waals surface area contributed by atoms with E-state index in [4.69, 9.17) is 18.9 Å². The molecule has 2 aromatic carbocycles. The minimum atomic E-state index is -0.479. The summed E-state index contributed by atoms with van der Waals surface area (Å²) < 4.78 is 22.8. The Hall–Kier alpha value is -3.46. The van der Waals surface area contributed by atoms with Gasteiger partial charge in [-0.3, -0.25) is 9.59 Å². The maximum atomic E-state index is 13.3. The summed E-state index contributed by atoms with van der Waals surface area (Å²) in [7, 11) is 0. The van der Waals surface area contributed by atoms with Crippen molar-refractivity contribution in [3.05, 3.63) is 36.4 Å². The van der Waals surface area contributed by atoms with E-state index in [-0.39, 0.29) is 18.2 Å². The van der Waals surface area contributed by atoms with Gasteiger partial charge in [-0.1, -0.05) is 0 Å². The largest absolute Gasteiger partial charge is 0.494 e. The molecule has 0 saturated carbocycles. The first kappa shape index (κ1) is 25.6. The molecule has 0 bridgehead atoms. The van der Waals surface area contributed by atoms with Gasteiger partial charge >= 0.3 is 0 Å². The fourth-order valence-electron chi connectivity index (χ4n) is 4.50. The van der Waals surface area contributed by atoms with E-state index in [0.717, 1.165) is 30.2 Å². The first-order valence-electron chi connectivity index (χ1n) is 12.6. The molecule has 2 aliphatic rings. The zero-order valence-electron chi connectivity index (χ0n) is 21.2. The summed E-state index contributed by atoms with van der Waals surface area (Å²) in [4.78, 5) is 29.8. The number of carbonyl (C=O) groups excluding carboxylic acids is 2. The molecule has 9 heteroatoms. The van der Waals surface area contributed by atoms with E-state index < -0.39 is 5.92 Å². The topological polar surface area (TPSA) is 89.6 Å². The number of nitrogens with zero attached hydrogens (tertiary/aromatic N) is 2. The van der Waals surface area contributed by atoms with Gasteiger partial charge in [0.25, 0.3) is 0 Å². The molecule has 2 amide bonds. The van der Waals surface area contributed by atoms with Crippen molar-refractivity contribution in [2.24, 2.45) is 5.92 Å². The number of hydrogen-bond donors (Lipinski definition) is 1. The minimum Gasteiger partial charge on any atom is -0.494 e. The maximum Gasteiger partial charge on any atom is 0.229 e. The van der Waals surface area contributed by atoms with E-state index in [2.05, 4.69) is 10.2 Å². The van der Waals surface area contributed by atoms with Crippen LogP contribution in [0.3, 0.4) is 0 Å². The number of anilines is 3. The second-order valence-electron chi connectivity index (χ2n) is 8.60. The predicted octanol–water partition coefficient (Wildman–Crippen LogP) is 3.71. The molecule has 2 aromatic rings. The zero-order chi connectivity index (χ0) is 25.5. The van der Waals surface area contributed by atoms with E-state index in [0.29, 0.717) is 56.8 Å². The summed E-state index contributed by atoms with van der Waals surface area (Å²) in [5.74, 6) is 1.21. The van der Waals surface area contributed by atoms with Crippen molar-refractivity contribution in [1.82, 2.24) is 0 Å². The summed E-state index contributed by atoms with van der Waals surface area (Å²) in [6.45, 7) is 10.4. The molecular formula is C27H35N3O6. The average Bonchev–Trinajstić information content (AvgIpc) is 3.28. The van der Waals surface area contributed by atoms with Gasteiger partial charge in [0.2, 0.25) is 11.8 Å². The Bertz CT molecular complexity index is 1050. The number of rotatable bonds is 10. The third kappa shape index (κ3) is 5.84. The van der Waals surface area contributed by atoms with Crippen LogP contribution in [0.15, 0.2) is 36.4 Å². The number of morpholine rings is 1. The Morgan fingerprint density at radius 3 is 2.31 bits per heavy atom. The lowest BCUT2D eigenvalue weighted by Gasteiger charge is -2.31. The molecule has 1 N–H and O–H groups in total. The van der Waals surface area contributed by atoms with Crippen LogP contribution in [0.1, 0.15) is 27.2 Å². The quantitative estimate of drug-likeness (QED) is 0.535. The van der Waals surface area contributed by atoms with E-state index >= 15 is 0 Å². The smallest absolute Gasteiger partial charge is 0.229 e. The highest BCUT2D eigenvalue weighted by Crippen LogP contribution is 2.40. The summed E-state index contributed by atoms with van der Waals surface area (Å²) in [5, 5.41) is 3.00. The summed E-state index contributed by atoms with van der Waals surface area (Å²) in [6, 6.07) is 11.1. The third-order valence-electron chi connectivity index (χ3n) is 6.23. The van der Waals surface area contributed by atoms with Crippen LogP contribution in [-0.2, 0) is 14.3 Å². The SMILES string of the molecule is CCOc1ccc(N2C[C@H](C(=O)Nc3cc(OCC)c(N4CCOCC4)cc3OCC)CC2=O)cc1. The van der Waals surface area contributed by atoms with Gasteiger partial charge in [-0.15, -0.1) is 0 Å². The van der Waals surface area contributed by atoms with Crippen molar-refractivity contribution in [3.63, 3.8) is 0 Å². The Morgan fingerprint density at radius 1 is 0.972 bits per heavy atom. The molecule has 4 rings (SSSR count). The van der Waals surface area contributed by atoms with Gasteiger partial charge in [-0.2, -0.15) is 0 Å². The molecule has 194 valence electrons. The molecule has 0 aliphatic carbocycles. The second kappa shape index (κ2) is 12.0. The van der Waals surface area contributed by atoms with Crippen LogP contribution < -0.4 is 29.3 Å². The molecule has 2 saturated heterocycles. The van der Waals surface area contributed by atoms with Crippen molar-refractivity contribution < 1.29 is 28.5 Å².